The van der Waals surface area contributed by atoms with Crippen LogP contribution >= 0.6 is 0 Å². The lowest BCUT2D eigenvalue weighted by Crippen LogP contribution is -2.33. The van der Waals surface area contributed by atoms with Crippen LogP contribution in [0.5, 0.6) is 0 Å². The van der Waals surface area contributed by atoms with Gasteiger partial charge in [-0.05, 0) is 20.8 Å². The molecule has 0 aliphatic carbocycles. The smallest absolute Gasteiger partial charge is 0.327 e. The van der Waals surface area contributed by atoms with Gasteiger partial charge in [0.05, 0.1) is 23.7 Å². The van der Waals surface area contributed by atoms with Gasteiger partial charge in [0.25, 0.3) is 0 Å². The third kappa shape index (κ3) is 3.46. The molecule has 0 aromatic carbocycles. The number of esters is 1. The van der Waals surface area contributed by atoms with Crippen LogP contribution in [-0.2, 0) is 26.1 Å². The van der Waals surface area contributed by atoms with E-state index in [0.717, 1.165) is 0 Å². The van der Waals surface area contributed by atoms with Crippen LogP contribution in [0, 0.1) is 0 Å². The zero-order chi connectivity index (χ0) is 14.0. The molecular weight excluding hydrogens is 258 g/mol. The summed E-state index contributed by atoms with van der Waals surface area (Å²) < 4.78 is 31.0. The topological polar surface area (TPSA) is 90.3 Å². The van der Waals surface area contributed by atoms with Crippen LogP contribution in [-0.4, -0.2) is 36.0 Å². The number of rotatable bonds is 4. The van der Waals surface area contributed by atoms with E-state index in [-0.39, 0.29) is 6.54 Å². The fraction of sp³-hybridized carbons (Fsp3) is 0.600. The zero-order valence-electron chi connectivity index (χ0n) is 10.8. The Labute approximate surface area is 106 Å². The van der Waals surface area contributed by atoms with Gasteiger partial charge in [-0.25, -0.2) is 8.42 Å². The van der Waals surface area contributed by atoms with Crippen molar-refractivity contribution in [2.24, 2.45) is 0 Å². The maximum Gasteiger partial charge on any atom is 0.327 e. The third-order valence-electron chi connectivity index (χ3n) is 2.21. The lowest BCUT2D eigenvalue weighted by Gasteiger charge is -2.19. The second kappa shape index (κ2) is 4.97. The number of carbonyl (C=O) groups excluding carboxylic acids is 1. The van der Waals surface area contributed by atoms with Crippen molar-refractivity contribution in [3.05, 3.63) is 12.4 Å². The van der Waals surface area contributed by atoms with Crippen LogP contribution in [0.3, 0.4) is 0 Å². The predicted molar refractivity (Wildman–Crippen MR) is 66.5 cm³/mol. The standard InChI is InChI=1S/C10H17N3O4S/c1-10(2,3)18(15,16)12-8-5-11-13(6-8)7-9(14)17-4/h5-6,12H,7H2,1-4H3. The molecule has 18 heavy (non-hydrogen) atoms. The maximum absolute atomic E-state index is 11.9. The molecule has 0 spiro atoms. The number of methoxy groups -OCH3 is 1. The van der Waals surface area contributed by atoms with Gasteiger partial charge in [-0.2, -0.15) is 5.10 Å². The molecule has 0 unspecified atom stereocenters. The van der Waals surface area contributed by atoms with Gasteiger partial charge >= 0.3 is 5.97 Å². The van der Waals surface area contributed by atoms with Gasteiger partial charge in [-0.1, -0.05) is 0 Å². The first-order valence-electron chi connectivity index (χ1n) is 5.27. The Hall–Kier alpha value is -1.57. The van der Waals surface area contributed by atoms with Crippen molar-refractivity contribution < 1.29 is 17.9 Å². The Kier molecular flexibility index (Phi) is 4.00. The van der Waals surface area contributed by atoms with Crippen molar-refractivity contribution in [3.63, 3.8) is 0 Å². The van der Waals surface area contributed by atoms with E-state index in [2.05, 4.69) is 14.6 Å². The second-order valence-corrected chi connectivity index (χ2v) is 7.16. The summed E-state index contributed by atoms with van der Waals surface area (Å²) in [5.74, 6) is -0.455. The van der Waals surface area contributed by atoms with E-state index in [1.807, 2.05) is 0 Å². The molecule has 7 nitrogen and oxygen atoms in total. The number of sulfonamides is 1. The van der Waals surface area contributed by atoms with E-state index in [1.54, 1.807) is 20.8 Å². The average molecular weight is 275 g/mol. The van der Waals surface area contributed by atoms with E-state index in [1.165, 1.54) is 24.2 Å². The minimum absolute atomic E-state index is 0.0618. The Morgan fingerprint density at radius 3 is 2.61 bits per heavy atom. The fourth-order valence-corrected chi connectivity index (χ4v) is 1.73. The minimum atomic E-state index is -3.49. The molecule has 0 amide bonds. The second-order valence-electron chi connectivity index (χ2n) is 4.72. The highest BCUT2D eigenvalue weighted by Gasteiger charge is 2.29. The van der Waals surface area contributed by atoms with Crippen molar-refractivity contribution in [2.75, 3.05) is 11.8 Å². The number of ether oxygens (including phenoxy) is 1. The van der Waals surface area contributed by atoms with Crippen LogP contribution in [0.4, 0.5) is 5.69 Å². The predicted octanol–water partition coefficient (Wildman–Crippen LogP) is 0.596. The van der Waals surface area contributed by atoms with Gasteiger partial charge in [0.15, 0.2) is 0 Å². The monoisotopic (exact) mass is 275 g/mol. The van der Waals surface area contributed by atoms with E-state index < -0.39 is 20.7 Å². The summed E-state index contributed by atoms with van der Waals surface area (Å²) in [6, 6.07) is 0. The molecule has 0 saturated carbocycles. The molecule has 0 atom stereocenters. The highest BCUT2D eigenvalue weighted by atomic mass is 32.2. The van der Waals surface area contributed by atoms with Gasteiger partial charge in [0.1, 0.15) is 6.54 Å². The quantitative estimate of drug-likeness (QED) is 0.812. The SMILES string of the molecule is COC(=O)Cn1cc(NS(=O)(=O)C(C)(C)C)cn1. The summed E-state index contributed by atoms with van der Waals surface area (Å²) in [5, 5.41) is 3.86. The Morgan fingerprint density at radius 1 is 1.50 bits per heavy atom. The average Bonchev–Trinajstić information content (AvgIpc) is 2.62. The van der Waals surface area contributed by atoms with Gasteiger partial charge < -0.3 is 4.74 Å². The molecule has 1 aromatic heterocycles. The van der Waals surface area contributed by atoms with Gasteiger partial charge in [0.2, 0.25) is 10.0 Å². The summed E-state index contributed by atoms with van der Waals surface area (Å²) >= 11 is 0. The number of nitrogens with zero attached hydrogens (tertiary/aromatic N) is 2. The summed E-state index contributed by atoms with van der Waals surface area (Å²) in [5.41, 5.74) is 0.314. The van der Waals surface area contributed by atoms with Crippen molar-refractivity contribution >= 4 is 21.7 Å². The largest absolute Gasteiger partial charge is 0.468 e. The highest BCUT2D eigenvalue weighted by molar-refractivity contribution is 7.94. The lowest BCUT2D eigenvalue weighted by molar-refractivity contribution is -0.141. The van der Waals surface area contributed by atoms with Crippen LogP contribution in [0.2, 0.25) is 0 Å². The van der Waals surface area contributed by atoms with E-state index >= 15 is 0 Å². The molecule has 0 radical (unpaired) electrons. The number of carbonyl (C=O) groups is 1. The van der Waals surface area contributed by atoms with E-state index in [9.17, 15) is 13.2 Å². The van der Waals surface area contributed by atoms with Crippen molar-refractivity contribution in [1.29, 1.82) is 0 Å². The maximum atomic E-state index is 11.9. The van der Waals surface area contributed by atoms with Crippen LogP contribution in [0.1, 0.15) is 20.8 Å². The number of hydrogen-bond donors (Lipinski definition) is 1. The fourth-order valence-electron chi connectivity index (χ4n) is 1.01. The first-order chi connectivity index (χ1) is 8.15. The van der Waals surface area contributed by atoms with Crippen molar-refractivity contribution in [3.8, 4) is 0 Å². The van der Waals surface area contributed by atoms with Gasteiger partial charge in [0, 0.05) is 6.20 Å². The summed E-state index contributed by atoms with van der Waals surface area (Å²) in [4.78, 5) is 11.0. The molecule has 1 rings (SSSR count). The molecule has 0 saturated heterocycles. The molecule has 1 N–H and O–H groups in total. The van der Waals surface area contributed by atoms with Crippen LogP contribution < -0.4 is 4.72 Å². The molecule has 1 aromatic rings. The molecular formula is C10H17N3O4S. The first kappa shape index (κ1) is 14.5. The molecule has 0 aliphatic heterocycles. The molecule has 102 valence electrons. The molecule has 8 heteroatoms. The van der Waals surface area contributed by atoms with Crippen LogP contribution in [0.25, 0.3) is 0 Å². The Morgan fingerprint density at radius 2 is 2.11 bits per heavy atom. The minimum Gasteiger partial charge on any atom is -0.468 e. The van der Waals surface area contributed by atoms with Crippen molar-refractivity contribution in [1.82, 2.24) is 9.78 Å². The Bertz CT molecular complexity index is 528. The molecule has 0 bridgehead atoms. The zero-order valence-corrected chi connectivity index (χ0v) is 11.6. The van der Waals surface area contributed by atoms with Gasteiger partial charge in [-0.3, -0.25) is 14.2 Å². The highest BCUT2D eigenvalue weighted by Crippen LogP contribution is 2.18. The van der Waals surface area contributed by atoms with Crippen LogP contribution in [0.15, 0.2) is 12.4 Å². The number of aromatic nitrogens is 2. The number of hydrogen-bond acceptors (Lipinski definition) is 5. The summed E-state index contributed by atoms with van der Waals surface area (Å²) in [7, 11) is -2.22. The number of anilines is 1. The molecule has 1 heterocycles. The molecule has 0 fully saturated rings. The first-order valence-corrected chi connectivity index (χ1v) is 6.75. The number of nitrogens with one attached hydrogen (secondary N) is 1. The summed E-state index contributed by atoms with van der Waals surface area (Å²) in [6.07, 6.45) is 2.77. The Balaban J connectivity index is 2.80. The van der Waals surface area contributed by atoms with E-state index in [4.69, 9.17) is 0 Å². The lowest BCUT2D eigenvalue weighted by atomic mass is 10.3. The molecule has 0 aliphatic rings. The van der Waals surface area contributed by atoms with Crippen molar-refractivity contribution in [2.45, 2.75) is 32.1 Å². The third-order valence-corrected chi connectivity index (χ3v) is 4.33. The van der Waals surface area contributed by atoms with Gasteiger partial charge in [-0.15, -0.1) is 0 Å². The van der Waals surface area contributed by atoms with E-state index in [0.29, 0.717) is 5.69 Å². The normalized spacial score (nSPS) is 12.2. The summed E-state index contributed by atoms with van der Waals surface area (Å²) in [6.45, 7) is 4.71.